The molecule has 2 heteroatoms. The highest BCUT2D eigenvalue weighted by Gasteiger charge is 2.19. The fourth-order valence-electron chi connectivity index (χ4n) is 6.88. The molecule has 0 radical (unpaired) electrons. The van der Waals surface area contributed by atoms with Gasteiger partial charge in [-0.15, -0.1) is 0 Å². The Morgan fingerprint density at radius 3 is 1.72 bits per heavy atom. The summed E-state index contributed by atoms with van der Waals surface area (Å²) in [6, 6.07) is 62.5. The minimum absolute atomic E-state index is 0.869. The van der Waals surface area contributed by atoms with Gasteiger partial charge in [-0.05, 0) is 80.7 Å². The van der Waals surface area contributed by atoms with E-state index in [2.05, 4.69) is 181 Å². The van der Waals surface area contributed by atoms with Gasteiger partial charge in [-0.25, -0.2) is 0 Å². The molecule has 2 nitrogen and oxygen atoms in total. The number of nitrogens with zero attached hydrogens (tertiary/aromatic N) is 1. The van der Waals surface area contributed by atoms with Crippen molar-refractivity contribution in [3.05, 3.63) is 176 Å². The van der Waals surface area contributed by atoms with E-state index in [1.54, 1.807) is 0 Å². The van der Waals surface area contributed by atoms with Gasteiger partial charge in [0.05, 0.1) is 0 Å². The Kier molecular flexibility index (Phi) is 6.17. The molecule has 9 rings (SSSR count). The van der Waals surface area contributed by atoms with Gasteiger partial charge in [0.2, 0.25) is 0 Å². The van der Waals surface area contributed by atoms with Crippen molar-refractivity contribution >= 4 is 60.5 Å². The number of fused-ring (bicyclic) bond motifs is 5. The molecule has 0 N–H and O–H groups in total. The van der Waals surface area contributed by atoms with E-state index < -0.39 is 0 Å². The van der Waals surface area contributed by atoms with Crippen molar-refractivity contribution in [2.45, 2.75) is 0 Å². The second-order valence-corrected chi connectivity index (χ2v) is 11.7. The summed E-state index contributed by atoms with van der Waals surface area (Å²) in [6.45, 7) is 0. The minimum atomic E-state index is 0.869. The lowest BCUT2D eigenvalue weighted by atomic mass is 9.93. The molecular weight excluding hydrogens is 558 g/mol. The van der Waals surface area contributed by atoms with Crippen LogP contribution in [0.5, 0.6) is 0 Å². The van der Waals surface area contributed by atoms with E-state index in [1.807, 2.05) is 0 Å². The van der Waals surface area contributed by atoms with Gasteiger partial charge in [0.15, 0.2) is 0 Å². The Labute approximate surface area is 267 Å². The lowest BCUT2D eigenvalue weighted by Crippen LogP contribution is -2.09. The maximum atomic E-state index is 6.85. The standard InChI is InChI=1S/C44H29NO/c1-3-15-34(16-4-1)45(35-17-5-2-6-18-35)36-26-27-40-41-28-33-13-8-10-20-39(33)43(44(41)46-42(40)29-36)32-24-22-31(23-25-32)38-21-11-14-30-12-7-9-19-37(30)38/h1-29H. The van der Waals surface area contributed by atoms with Gasteiger partial charge in [-0.1, -0.05) is 127 Å². The van der Waals surface area contributed by atoms with E-state index in [0.29, 0.717) is 0 Å². The topological polar surface area (TPSA) is 16.4 Å². The summed E-state index contributed by atoms with van der Waals surface area (Å²) in [5.41, 5.74) is 9.73. The zero-order chi connectivity index (χ0) is 30.5. The van der Waals surface area contributed by atoms with Crippen LogP contribution in [0, 0.1) is 0 Å². The molecule has 0 spiro atoms. The zero-order valence-corrected chi connectivity index (χ0v) is 25.1. The van der Waals surface area contributed by atoms with Crippen molar-refractivity contribution in [1.82, 2.24) is 0 Å². The summed E-state index contributed by atoms with van der Waals surface area (Å²) in [4.78, 5) is 2.27. The van der Waals surface area contributed by atoms with Crippen molar-refractivity contribution in [3.63, 3.8) is 0 Å². The average molecular weight is 588 g/mol. The molecule has 0 saturated heterocycles. The molecule has 9 aromatic rings. The minimum Gasteiger partial charge on any atom is -0.455 e. The van der Waals surface area contributed by atoms with E-state index in [4.69, 9.17) is 4.42 Å². The third-order valence-electron chi connectivity index (χ3n) is 9.03. The quantitative estimate of drug-likeness (QED) is 0.199. The predicted octanol–water partition coefficient (Wildman–Crippen LogP) is 12.7. The molecule has 0 fully saturated rings. The Hall–Kier alpha value is -6.12. The molecule has 46 heavy (non-hydrogen) atoms. The summed E-state index contributed by atoms with van der Waals surface area (Å²) in [5.74, 6) is 0. The third-order valence-corrected chi connectivity index (χ3v) is 9.03. The highest BCUT2D eigenvalue weighted by atomic mass is 16.3. The van der Waals surface area contributed by atoms with Crippen LogP contribution in [0.25, 0.3) is 65.7 Å². The first-order valence-electron chi connectivity index (χ1n) is 15.7. The molecular formula is C44H29NO. The van der Waals surface area contributed by atoms with Crippen LogP contribution in [0.2, 0.25) is 0 Å². The smallest absolute Gasteiger partial charge is 0.143 e. The van der Waals surface area contributed by atoms with Crippen LogP contribution in [-0.2, 0) is 0 Å². The second-order valence-electron chi connectivity index (χ2n) is 11.7. The van der Waals surface area contributed by atoms with Crippen LogP contribution in [-0.4, -0.2) is 0 Å². The molecule has 0 amide bonds. The molecule has 0 atom stereocenters. The molecule has 216 valence electrons. The summed E-state index contributed by atoms with van der Waals surface area (Å²) in [6.07, 6.45) is 0. The van der Waals surface area contributed by atoms with Crippen LogP contribution in [0.1, 0.15) is 0 Å². The summed E-state index contributed by atoms with van der Waals surface area (Å²) in [5, 5.41) is 7.13. The number of hydrogen-bond acceptors (Lipinski definition) is 2. The zero-order valence-electron chi connectivity index (χ0n) is 25.1. The van der Waals surface area contributed by atoms with Crippen molar-refractivity contribution in [2.24, 2.45) is 0 Å². The normalized spacial score (nSPS) is 11.5. The molecule has 0 aliphatic heterocycles. The predicted molar refractivity (Wildman–Crippen MR) is 194 cm³/mol. The Bertz CT molecular complexity index is 2470. The SMILES string of the molecule is c1ccc(N(c2ccccc2)c2ccc3c(c2)oc2c(-c4ccc(-c5cccc6ccccc56)cc4)c4ccccc4cc23)cc1. The molecule has 1 heterocycles. The van der Waals surface area contributed by atoms with Gasteiger partial charge in [0.25, 0.3) is 0 Å². The van der Waals surface area contributed by atoms with E-state index >= 15 is 0 Å². The van der Waals surface area contributed by atoms with Gasteiger partial charge in [-0.3, -0.25) is 0 Å². The van der Waals surface area contributed by atoms with E-state index in [-0.39, 0.29) is 0 Å². The Morgan fingerprint density at radius 2 is 0.978 bits per heavy atom. The Balaban J connectivity index is 1.22. The summed E-state index contributed by atoms with van der Waals surface area (Å²) < 4.78 is 6.85. The first-order chi connectivity index (χ1) is 22.8. The molecule has 0 bridgehead atoms. The number of para-hydroxylation sites is 2. The van der Waals surface area contributed by atoms with Crippen LogP contribution in [0.4, 0.5) is 17.1 Å². The lowest BCUT2D eigenvalue weighted by molar-refractivity contribution is 0.670. The van der Waals surface area contributed by atoms with Crippen molar-refractivity contribution in [1.29, 1.82) is 0 Å². The third kappa shape index (κ3) is 4.35. The second kappa shape index (κ2) is 10.8. The van der Waals surface area contributed by atoms with Gasteiger partial charge in [-0.2, -0.15) is 0 Å². The Morgan fingerprint density at radius 1 is 0.370 bits per heavy atom. The first kappa shape index (κ1) is 26.3. The molecule has 1 aromatic heterocycles. The van der Waals surface area contributed by atoms with Gasteiger partial charge in [0, 0.05) is 39.5 Å². The summed E-state index contributed by atoms with van der Waals surface area (Å²) in [7, 11) is 0. The van der Waals surface area contributed by atoms with Crippen molar-refractivity contribution in [2.75, 3.05) is 4.90 Å². The number of furan rings is 1. The van der Waals surface area contributed by atoms with Crippen LogP contribution < -0.4 is 4.90 Å². The maximum absolute atomic E-state index is 6.85. The van der Waals surface area contributed by atoms with Gasteiger partial charge in [0.1, 0.15) is 11.2 Å². The van der Waals surface area contributed by atoms with Crippen molar-refractivity contribution in [3.8, 4) is 22.3 Å². The van der Waals surface area contributed by atoms with E-state index in [0.717, 1.165) is 50.1 Å². The molecule has 0 aliphatic carbocycles. The van der Waals surface area contributed by atoms with E-state index in [1.165, 1.54) is 32.7 Å². The monoisotopic (exact) mass is 587 g/mol. The summed E-state index contributed by atoms with van der Waals surface area (Å²) >= 11 is 0. The van der Waals surface area contributed by atoms with Crippen LogP contribution in [0.3, 0.4) is 0 Å². The number of anilines is 3. The van der Waals surface area contributed by atoms with Crippen LogP contribution in [0.15, 0.2) is 180 Å². The van der Waals surface area contributed by atoms with Gasteiger partial charge < -0.3 is 9.32 Å². The van der Waals surface area contributed by atoms with Crippen LogP contribution >= 0.6 is 0 Å². The fourth-order valence-corrected chi connectivity index (χ4v) is 6.88. The molecule has 8 aromatic carbocycles. The highest BCUT2D eigenvalue weighted by molar-refractivity contribution is 6.18. The van der Waals surface area contributed by atoms with Gasteiger partial charge >= 0.3 is 0 Å². The van der Waals surface area contributed by atoms with E-state index in [9.17, 15) is 0 Å². The number of hydrogen-bond donors (Lipinski definition) is 0. The fraction of sp³-hybridized carbons (Fsp3) is 0. The lowest BCUT2D eigenvalue weighted by Gasteiger charge is -2.25. The number of rotatable bonds is 5. The molecule has 0 saturated carbocycles. The molecule has 0 aliphatic rings. The average Bonchev–Trinajstić information content (AvgIpc) is 3.49. The largest absolute Gasteiger partial charge is 0.455 e. The maximum Gasteiger partial charge on any atom is 0.143 e. The first-order valence-corrected chi connectivity index (χ1v) is 15.7. The highest BCUT2D eigenvalue weighted by Crippen LogP contribution is 2.44. The number of benzene rings is 8. The van der Waals surface area contributed by atoms with Crippen molar-refractivity contribution < 1.29 is 4.42 Å². The molecule has 0 unspecified atom stereocenters.